The van der Waals surface area contributed by atoms with Gasteiger partial charge in [-0.2, -0.15) is 0 Å². The number of anilines is 1. The second-order valence-electron chi connectivity index (χ2n) is 8.29. The van der Waals surface area contributed by atoms with Crippen LogP contribution in [0.4, 0.5) is 5.69 Å². The zero-order valence-electron chi connectivity index (χ0n) is 19.7. The molecule has 1 unspecified atom stereocenters. The number of methoxy groups -OCH3 is 1. The fourth-order valence-electron chi connectivity index (χ4n) is 4.03. The first-order chi connectivity index (χ1) is 15.3. The molecule has 32 heavy (non-hydrogen) atoms. The summed E-state index contributed by atoms with van der Waals surface area (Å²) in [5.74, 6) is 0.999. The minimum Gasteiger partial charge on any atom is -0.383 e. The van der Waals surface area contributed by atoms with Crippen LogP contribution in [0.25, 0.3) is 0 Å². The third-order valence-corrected chi connectivity index (χ3v) is 5.87. The molecule has 0 saturated carbocycles. The summed E-state index contributed by atoms with van der Waals surface area (Å²) in [6.07, 6.45) is 6.31. The van der Waals surface area contributed by atoms with Crippen LogP contribution in [0.15, 0.2) is 29.3 Å². The third-order valence-electron chi connectivity index (χ3n) is 5.87. The van der Waals surface area contributed by atoms with Crippen molar-refractivity contribution >= 4 is 35.6 Å². The second kappa shape index (κ2) is 15.7. The van der Waals surface area contributed by atoms with Gasteiger partial charge in [0.1, 0.15) is 0 Å². The number of halogens is 1. The van der Waals surface area contributed by atoms with Gasteiger partial charge in [0.05, 0.1) is 32.0 Å². The molecule has 0 aromatic heterocycles. The van der Waals surface area contributed by atoms with E-state index in [1.54, 1.807) is 7.11 Å². The second-order valence-corrected chi connectivity index (χ2v) is 8.29. The van der Waals surface area contributed by atoms with Gasteiger partial charge in [-0.05, 0) is 56.7 Å². The van der Waals surface area contributed by atoms with Crippen molar-refractivity contribution in [2.75, 3.05) is 58.4 Å². The minimum atomic E-state index is 0. The Hall–Kier alpha value is -1.10. The van der Waals surface area contributed by atoms with E-state index in [4.69, 9.17) is 19.2 Å². The fraction of sp³-hybridized carbons (Fsp3) is 0.708. The number of rotatable bonds is 10. The minimum absolute atomic E-state index is 0. The molecule has 8 heteroatoms. The molecule has 2 aliphatic heterocycles. The van der Waals surface area contributed by atoms with Crippen LogP contribution in [0.1, 0.15) is 44.6 Å². The van der Waals surface area contributed by atoms with E-state index in [1.807, 2.05) is 0 Å². The first kappa shape index (κ1) is 27.1. The molecule has 1 aromatic rings. The van der Waals surface area contributed by atoms with Crippen molar-refractivity contribution in [1.29, 1.82) is 0 Å². The monoisotopic (exact) mass is 560 g/mol. The van der Waals surface area contributed by atoms with E-state index in [1.165, 1.54) is 18.4 Å². The maximum absolute atomic E-state index is 6.16. The molecule has 2 N–H and O–H groups in total. The average molecular weight is 561 g/mol. The topological polar surface area (TPSA) is 67.4 Å². The summed E-state index contributed by atoms with van der Waals surface area (Å²) in [5, 5.41) is 6.80. The number of likely N-dealkylation sites (tertiary alicyclic amines) is 1. The van der Waals surface area contributed by atoms with Crippen molar-refractivity contribution < 1.29 is 14.2 Å². The van der Waals surface area contributed by atoms with Gasteiger partial charge in [-0.15, -0.1) is 24.0 Å². The summed E-state index contributed by atoms with van der Waals surface area (Å²) >= 11 is 0. The van der Waals surface area contributed by atoms with Gasteiger partial charge >= 0.3 is 0 Å². The number of ether oxygens (including phenoxy) is 3. The smallest absolute Gasteiger partial charge is 0.194 e. The molecule has 0 spiro atoms. The van der Waals surface area contributed by atoms with E-state index in [2.05, 4.69) is 46.7 Å². The molecular formula is C24H41IN4O3. The highest BCUT2D eigenvalue weighted by molar-refractivity contribution is 14.0. The van der Waals surface area contributed by atoms with Crippen molar-refractivity contribution in [3.05, 3.63) is 29.8 Å². The Kier molecular flexibility index (Phi) is 13.3. The molecule has 1 aromatic carbocycles. The Morgan fingerprint density at radius 3 is 2.59 bits per heavy atom. The highest BCUT2D eigenvalue weighted by Gasteiger charge is 2.23. The van der Waals surface area contributed by atoms with Crippen molar-refractivity contribution in [2.45, 2.75) is 57.8 Å². The van der Waals surface area contributed by atoms with Crippen LogP contribution in [-0.2, 0) is 20.8 Å². The number of piperidine rings is 1. The van der Waals surface area contributed by atoms with Crippen LogP contribution < -0.4 is 10.6 Å². The number of nitrogens with zero attached hydrogens (tertiary/aromatic N) is 2. The van der Waals surface area contributed by atoms with Crippen LogP contribution >= 0.6 is 24.0 Å². The number of guanidine groups is 1. The van der Waals surface area contributed by atoms with Crippen molar-refractivity contribution in [1.82, 2.24) is 10.2 Å². The average Bonchev–Trinajstić information content (AvgIpc) is 2.82. The predicted molar refractivity (Wildman–Crippen MR) is 141 cm³/mol. The van der Waals surface area contributed by atoms with Gasteiger partial charge < -0.3 is 29.7 Å². The van der Waals surface area contributed by atoms with Crippen LogP contribution in [-0.4, -0.2) is 76.2 Å². The van der Waals surface area contributed by atoms with Gasteiger partial charge in [-0.1, -0.05) is 12.1 Å². The molecule has 0 aliphatic carbocycles. The third kappa shape index (κ3) is 9.41. The largest absolute Gasteiger partial charge is 0.383 e. The zero-order chi connectivity index (χ0) is 21.7. The van der Waals surface area contributed by atoms with Gasteiger partial charge in [0.15, 0.2) is 5.96 Å². The normalized spacial score (nSPS) is 20.0. The Balaban J connectivity index is 0.00000363. The first-order valence-electron chi connectivity index (χ1n) is 11.9. The van der Waals surface area contributed by atoms with Gasteiger partial charge in [0.2, 0.25) is 0 Å². The Labute approximate surface area is 210 Å². The van der Waals surface area contributed by atoms with Crippen molar-refractivity contribution in [3.63, 3.8) is 0 Å². The summed E-state index contributed by atoms with van der Waals surface area (Å²) in [6, 6.07) is 8.48. The summed E-state index contributed by atoms with van der Waals surface area (Å²) < 4.78 is 17.0. The number of nitrogens with one attached hydrogen (secondary N) is 2. The lowest BCUT2D eigenvalue weighted by Gasteiger charge is -2.35. The molecule has 0 radical (unpaired) electrons. The zero-order valence-corrected chi connectivity index (χ0v) is 22.0. The van der Waals surface area contributed by atoms with Gasteiger partial charge in [-0.25, -0.2) is 4.99 Å². The summed E-state index contributed by atoms with van der Waals surface area (Å²) in [6.45, 7) is 8.77. The standard InChI is InChI=1S/C24H40N4O3.HI/c1-3-25-24(27-18-20-7-9-21(10-8-20)26-13-17-29-2)28-14-11-22(12-15-28)31-19-23-6-4-5-16-30-23;/h7-10,22-23,26H,3-6,11-19H2,1-2H3,(H,25,27);1H. The summed E-state index contributed by atoms with van der Waals surface area (Å²) in [5.41, 5.74) is 2.32. The lowest BCUT2D eigenvalue weighted by Crippen LogP contribution is -2.47. The maximum atomic E-state index is 6.16. The highest BCUT2D eigenvalue weighted by atomic mass is 127. The number of hydrogen-bond acceptors (Lipinski definition) is 5. The molecule has 2 saturated heterocycles. The highest BCUT2D eigenvalue weighted by Crippen LogP contribution is 2.18. The molecule has 0 amide bonds. The molecule has 1 atom stereocenters. The SMILES string of the molecule is CCNC(=NCc1ccc(NCCOC)cc1)N1CCC(OCC2CCCCO2)CC1.I. The molecule has 7 nitrogen and oxygen atoms in total. The molecule has 2 heterocycles. The van der Waals surface area contributed by atoms with Crippen LogP contribution in [0.2, 0.25) is 0 Å². The van der Waals surface area contributed by atoms with Crippen LogP contribution in [0.5, 0.6) is 0 Å². The molecular weight excluding hydrogens is 519 g/mol. The predicted octanol–water partition coefficient (Wildman–Crippen LogP) is 3.88. The molecule has 2 aliphatic rings. The fourth-order valence-corrected chi connectivity index (χ4v) is 4.03. The molecule has 2 fully saturated rings. The van der Waals surface area contributed by atoms with E-state index >= 15 is 0 Å². The van der Waals surface area contributed by atoms with Gasteiger partial charge in [0.25, 0.3) is 0 Å². The molecule has 0 bridgehead atoms. The maximum Gasteiger partial charge on any atom is 0.194 e. The van der Waals surface area contributed by atoms with E-state index < -0.39 is 0 Å². The van der Waals surface area contributed by atoms with Crippen LogP contribution in [0, 0.1) is 0 Å². The van der Waals surface area contributed by atoms with Crippen molar-refractivity contribution in [3.8, 4) is 0 Å². The summed E-state index contributed by atoms with van der Waals surface area (Å²) in [4.78, 5) is 7.25. The summed E-state index contributed by atoms with van der Waals surface area (Å²) in [7, 11) is 1.71. The first-order valence-corrected chi connectivity index (χ1v) is 11.9. The van der Waals surface area contributed by atoms with E-state index in [9.17, 15) is 0 Å². The lowest BCUT2D eigenvalue weighted by atomic mass is 10.1. The lowest BCUT2D eigenvalue weighted by molar-refractivity contribution is -0.0721. The van der Waals surface area contributed by atoms with E-state index in [-0.39, 0.29) is 24.0 Å². The molecule has 3 rings (SSSR count). The van der Waals surface area contributed by atoms with E-state index in [0.29, 0.717) is 25.4 Å². The number of benzene rings is 1. The molecule has 182 valence electrons. The van der Waals surface area contributed by atoms with Gasteiger partial charge in [-0.3, -0.25) is 0 Å². The Morgan fingerprint density at radius 1 is 1.16 bits per heavy atom. The van der Waals surface area contributed by atoms with Crippen molar-refractivity contribution in [2.24, 2.45) is 4.99 Å². The number of hydrogen-bond donors (Lipinski definition) is 2. The number of aliphatic imine (C=N–C) groups is 1. The quantitative estimate of drug-likeness (QED) is 0.196. The van der Waals surface area contributed by atoms with E-state index in [0.717, 1.165) is 70.3 Å². The van der Waals surface area contributed by atoms with Crippen LogP contribution in [0.3, 0.4) is 0 Å². The Bertz CT molecular complexity index is 645. The van der Waals surface area contributed by atoms with Gasteiger partial charge in [0, 0.05) is 45.6 Å². The Morgan fingerprint density at radius 2 is 1.94 bits per heavy atom.